The van der Waals surface area contributed by atoms with Gasteiger partial charge in [-0.25, -0.2) is 4.98 Å². The lowest BCUT2D eigenvalue weighted by molar-refractivity contribution is 0.0943. The molecule has 0 unspecified atom stereocenters. The molecule has 8 nitrogen and oxygen atoms in total. The predicted octanol–water partition coefficient (Wildman–Crippen LogP) is 3.30. The lowest BCUT2D eigenvalue weighted by Crippen LogP contribution is -2.30. The van der Waals surface area contributed by atoms with Crippen LogP contribution < -0.4 is 16.4 Å². The van der Waals surface area contributed by atoms with Crippen molar-refractivity contribution in [1.29, 1.82) is 0 Å². The predicted molar refractivity (Wildman–Crippen MR) is 112 cm³/mol. The second-order valence-electron chi connectivity index (χ2n) is 7.31. The van der Waals surface area contributed by atoms with Crippen molar-refractivity contribution in [3.63, 3.8) is 0 Å². The highest BCUT2D eigenvalue weighted by Gasteiger charge is 2.15. The number of carbonyl (C=O) groups excluding carboxylic acids is 1. The minimum absolute atomic E-state index is 0.0380. The van der Waals surface area contributed by atoms with Crippen LogP contribution in [-0.2, 0) is 0 Å². The molecule has 1 aliphatic rings. The number of anilines is 3. The van der Waals surface area contributed by atoms with Gasteiger partial charge < -0.3 is 16.4 Å². The molecule has 1 amide bonds. The van der Waals surface area contributed by atoms with Crippen LogP contribution >= 0.6 is 0 Å². The van der Waals surface area contributed by atoms with E-state index in [1.807, 2.05) is 24.3 Å². The minimum atomic E-state index is -0.0380. The fraction of sp³-hybridized carbons (Fsp3) is 0.333. The molecular formula is C21H25N7O. The molecule has 1 aliphatic carbocycles. The van der Waals surface area contributed by atoms with Crippen molar-refractivity contribution in [1.82, 2.24) is 25.1 Å². The number of nitrogens with two attached hydrogens (primary N) is 1. The zero-order valence-electron chi connectivity index (χ0n) is 16.2. The number of amides is 1. The van der Waals surface area contributed by atoms with E-state index in [1.165, 1.54) is 36.8 Å². The van der Waals surface area contributed by atoms with Gasteiger partial charge in [0.1, 0.15) is 0 Å². The highest BCUT2D eigenvalue weighted by Crippen LogP contribution is 2.23. The number of rotatable bonds is 6. The number of nitrogens with one attached hydrogen (secondary N) is 2. The molecule has 0 atom stereocenters. The van der Waals surface area contributed by atoms with Gasteiger partial charge in [-0.3, -0.25) is 4.79 Å². The first kappa shape index (κ1) is 18.9. The average Bonchev–Trinajstić information content (AvgIpc) is 3.14. The first-order chi connectivity index (χ1) is 14.2. The number of hydrogen-bond acceptors (Lipinski definition) is 6. The van der Waals surface area contributed by atoms with Crippen LogP contribution in [-0.4, -0.2) is 32.2 Å². The molecule has 1 fully saturated rings. The summed E-state index contributed by atoms with van der Waals surface area (Å²) in [5, 5.41) is 10.5. The normalized spacial score (nSPS) is 14.5. The van der Waals surface area contributed by atoms with Crippen molar-refractivity contribution in [2.75, 3.05) is 17.6 Å². The van der Waals surface area contributed by atoms with Crippen molar-refractivity contribution in [3.8, 4) is 5.82 Å². The van der Waals surface area contributed by atoms with Gasteiger partial charge in [-0.15, -0.1) is 5.10 Å². The topological polar surface area (TPSA) is 111 Å². The van der Waals surface area contributed by atoms with E-state index in [0.717, 1.165) is 12.2 Å². The molecule has 0 bridgehead atoms. The lowest BCUT2D eigenvalue weighted by atomic mass is 9.89. The molecule has 0 aliphatic heterocycles. The monoisotopic (exact) mass is 391 g/mol. The van der Waals surface area contributed by atoms with Gasteiger partial charge in [0.15, 0.2) is 5.82 Å². The number of nitrogen functional groups attached to an aromatic ring is 1. The van der Waals surface area contributed by atoms with Gasteiger partial charge in [0.2, 0.25) is 11.9 Å². The molecule has 2 aromatic heterocycles. The Labute approximate surface area is 169 Å². The van der Waals surface area contributed by atoms with E-state index >= 15 is 0 Å². The fourth-order valence-electron chi connectivity index (χ4n) is 3.59. The van der Waals surface area contributed by atoms with Gasteiger partial charge in [0.05, 0.1) is 0 Å². The van der Waals surface area contributed by atoms with Gasteiger partial charge >= 0.3 is 0 Å². The number of aromatic nitrogens is 4. The average molecular weight is 391 g/mol. The van der Waals surface area contributed by atoms with Crippen LogP contribution in [0.1, 0.15) is 42.5 Å². The van der Waals surface area contributed by atoms with E-state index in [9.17, 15) is 4.79 Å². The second kappa shape index (κ2) is 8.72. The third kappa shape index (κ3) is 4.71. The molecule has 0 saturated heterocycles. The van der Waals surface area contributed by atoms with Crippen molar-refractivity contribution in [2.24, 2.45) is 5.92 Å². The van der Waals surface area contributed by atoms with Crippen LogP contribution in [0, 0.1) is 5.92 Å². The quantitative estimate of drug-likeness (QED) is 0.595. The van der Waals surface area contributed by atoms with Gasteiger partial charge in [0, 0.05) is 24.0 Å². The SMILES string of the molecule is Nc1nc(Nc2ccc(C(=O)NCC3CCCCC3)cc2)nn1-c1ccccn1. The summed E-state index contributed by atoms with van der Waals surface area (Å²) in [5.74, 6) is 1.77. The Balaban J connectivity index is 1.36. The number of benzene rings is 1. The second-order valence-corrected chi connectivity index (χ2v) is 7.31. The van der Waals surface area contributed by atoms with Crippen LogP contribution in [0.25, 0.3) is 5.82 Å². The molecule has 0 spiro atoms. The van der Waals surface area contributed by atoms with Crippen LogP contribution in [0.2, 0.25) is 0 Å². The number of hydrogen-bond donors (Lipinski definition) is 3. The Morgan fingerprint density at radius 1 is 1.10 bits per heavy atom. The van der Waals surface area contributed by atoms with E-state index in [-0.39, 0.29) is 11.9 Å². The van der Waals surface area contributed by atoms with Gasteiger partial charge in [-0.05, 0) is 55.2 Å². The molecular weight excluding hydrogens is 366 g/mol. The number of carbonyl (C=O) groups is 1. The zero-order chi connectivity index (χ0) is 20.1. The van der Waals surface area contributed by atoms with Crippen LogP contribution in [0.3, 0.4) is 0 Å². The van der Waals surface area contributed by atoms with E-state index in [2.05, 4.69) is 25.7 Å². The number of pyridine rings is 1. The Hall–Kier alpha value is -3.42. The number of nitrogens with zero attached hydrogens (tertiary/aromatic N) is 4. The molecule has 1 saturated carbocycles. The van der Waals surface area contributed by atoms with Crippen LogP contribution in [0.4, 0.5) is 17.6 Å². The highest BCUT2D eigenvalue weighted by molar-refractivity contribution is 5.94. The Kier molecular flexibility index (Phi) is 5.69. The smallest absolute Gasteiger partial charge is 0.251 e. The lowest BCUT2D eigenvalue weighted by Gasteiger charge is -2.21. The maximum Gasteiger partial charge on any atom is 0.251 e. The Bertz CT molecular complexity index is 947. The molecule has 4 rings (SSSR count). The van der Waals surface area contributed by atoms with Crippen molar-refractivity contribution in [3.05, 3.63) is 54.2 Å². The molecule has 29 heavy (non-hydrogen) atoms. The van der Waals surface area contributed by atoms with Crippen LogP contribution in [0.15, 0.2) is 48.7 Å². The summed E-state index contributed by atoms with van der Waals surface area (Å²) >= 11 is 0. The van der Waals surface area contributed by atoms with E-state index in [0.29, 0.717) is 23.2 Å². The van der Waals surface area contributed by atoms with Gasteiger partial charge in [-0.2, -0.15) is 9.67 Å². The summed E-state index contributed by atoms with van der Waals surface area (Å²) in [6, 6.07) is 12.7. The largest absolute Gasteiger partial charge is 0.368 e. The summed E-state index contributed by atoms with van der Waals surface area (Å²) < 4.78 is 1.47. The molecule has 8 heteroatoms. The molecule has 4 N–H and O–H groups in total. The summed E-state index contributed by atoms with van der Waals surface area (Å²) in [6.07, 6.45) is 7.96. The molecule has 1 aromatic carbocycles. The molecule has 150 valence electrons. The van der Waals surface area contributed by atoms with Crippen molar-refractivity contribution >= 4 is 23.5 Å². The Morgan fingerprint density at radius 3 is 2.62 bits per heavy atom. The van der Waals surface area contributed by atoms with Gasteiger partial charge in [0.25, 0.3) is 5.91 Å². The summed E-state index contributed by atoms with van der Waals surface area (Å²) in [7, 11) is 0. The standard InChI is InChI=1S/C21H25N7O/c22-20-26-21(27-28(20)18-8-4-5-13-23-18)25-17-11-9-16(10-12-17)19(29)24-14-15-6-2-1-3-7-15/h4-5,8-13,15H,1-3,6-7,14H2,(H,24,29)(H3,22,25,26,27). The fourth-order valence-corrected chi connectivity index (χ4v) is 3.59. The zero-order valence-corrected chi connectivity index (χ0v) is 16.2. The minimum Gasteiger partial charge on any atom is -0.368 e. The summed E-state index contributed by atoms with van der Waals surface area (Å²) in [6.45, 7) is 0.757. The Morgan fingerprint density at radius 2 is 1.90 bits per heavy atom. The highest BCUT2D eigenvalue weighted by atomic mass is 16.1. The maximum atomic E-state index is 12.4. The molecule has 3 aromatic rings. The van der Waals surface area contributed by atoms with E-state index < -0.39 is 0 Å². The first-order valence-corrected chi connectivity index (χ1v) is 9.98. The van der Waals surface area contributed by atoms with E-state index in [1.54, 1.807) is 24.4 Å². The van der Waals surface area contributed by atoms with Crippen LogP contribution in [0.5, 0.6) is 0 Å². The summed E-state index contributed by atoms with van der Waals surface area (Å²) in [5.41, 5.74) is 7.35. The summed E-state index contributed by atoms with van der Waals surface area (Å²) in [4.78, 5) is 20.8. The van der Waals surface area contributed by atoms with Gasteiger partial charge in [-0.1, -0.05) is 25.3 Å². The maximum absolute atomic E-state index is 12.4. The van der Waals surface area contributed by atoms with E-state index in [4.69, 9.17) is 5.73 Å². The first-order valence-electron chi connectivity index (χ1n) is 9.98. The third-order valence-corrected chi connectivity index (χ3v) is 5.18. The molecule has 0 radical (unpaired) electrons. The van der Waals surface area contributed by atoms with Crippen molar-refractivity contribution in [2.45, 2.75) is 32.1 Å². The van der Waals surface area contributed by atoms with Crippen molar-refractivity contribution < 1.29 is 4.79 Å². The molecule has 2 heterocycles. The third-order valence-electron chi connectivity index (χ3n) is 5.18.